The Labute approximate surface area is 250 Å². The lowest BCUT2D eigenvalue weighted by Gasteiger charge is -2.42. The van der Waals surface area contributed by atoms with Gasteiger partial charge in [0.2, 0.25) is 21.9 Å². The van der Waals surface area contributed by atoms with Gasteiger partial charge < -0.3 is 25.6 Å². The van der Waals surface area contributed by atoms with Gasteiger partial charge in [0.05, 0.1) is 23.0 Å². The summed E-state index contributed by atoms with van der Waals surface area (Å²) >= 11 is 0. The SMILES string of the molecule is Cc1c(F)c(N)cc(-c2nc3c4c(nc(NS(=O)(=O)CCN(C)C)nc4c2F)N2C[C@H]4CC[C@H](N4)[C@H]2[C@H](C)O3)c1C(F)(F)F. The number of pyridine rings is 1. The molecule has 5 heterocycles. The molecule has 3 aliphatic heterocycles. The number of aromatic nitrogens is 3. The van der Waals surface area contributed by atoms with E-state index in [1.165, 1.54) is 0 Å². The number of fused-ring (bicyclic) bond motifs is 5. The van der Waals surface area contributed by atoms with E-state index in [-0.39, 0.29) is 47.5 Å². The predicted octanol–water partition coefficient (Wildman–Crippen LogP) is 3.27. The van der Waals surface area contributed by atoms with Gasteiger partial charge in [0.15, 0.2) is 5.82 Å². The number of rotatable bonds is 6. The van der Waals surface area contributed by atoms with Crippen LogP contribution in [0, 0.1) is 18.6 Å². The van der Waals surface area contributed by atoms with Crippen LogP contribution in [-0.4, -0.2) is 85.4 Å². The van der Waals surface area contributed by atoms with E-state index in [9.17, 15) is 26.0 Å². The van der Waals surface area contributed by atoms with Gasteiger partial charge in [-0.25, -0.2) is 27.2 Å². The average Bonchev–Trinajstić information content (AvgIpc) is 3.25. The third-order valence-corrected chi connectivity index (χ3v) is 9.58. The number of nitrogens with one attached hydrogen (secondary N) is 2. The van der Waals surface area contributed by atoms with Gasteiger partial charge in [0.1, 0.15) is 34.3 Å². The monoisotopic (exact) mass is 642 g/mol. The zero-order valence-corrected chi connectivity index (χ0v) is 25.1. The number of nitrogens with two attached hydrogens (primary N) is 1. The van der Waals surface area contributed by atoms with Crippen molar-refractivity contribution in [2.24, 2.45) is 0 Å². The van der Waals surface area contributed by atoms with E-state index in [1.54, 1.807) is 25.9 Å². The van der Waals surface area contributed by atoms with E-state index in [0.717, 1.165) is 19.8 Å². The van der Waals surface area contributed by atoms with Gasteiger partial charge >= 0.3 is 6.18 Å². The fraction of sp³-hybridized carbons (Fsp3) is 0.519. The maximum Gasteiger partial charge on any atom is 0.417 e. The van der Waals surface area contributed by atoms with Gasteiger partial charge in [0, 0.05) is 30.7 Å². The van der Waals surface area contributed by atoms with Crippen LogP contribution < -0.4 is 25.4 Å². The van der Waals surface area contributed by atoms with Crippen molar-refractivity contribution in [3.63, 3.8) is 0 Å². The summed E-state index contributed by atoms with van der Waals surface area (Å²) in [7, 11) is -0.626. The van der Waals surface area contributed by atoms with Gasteiger partial charge in [-0.3, -0.25) is 4.72 Å². The van der Waals surface area contributed by atoms with E-state index in [0.29, 0.717) is 12.6 Å². The molecule has 44 heavy (non-hydrogen) atoms. The lowest BCUT2D eigenvalue weighted by atomic mass is 9.96. The number of ether oxygens (including phenoxy) is 1. The summed E-state index contributed by atoms with van der Waals surface area (Å²) in [6, 6.07) is 0.352. The Bertz CT molecular complexity index is 1770. The summed E-state index contributed by atoms with van der Waals surface area (Å²) in [5.74, 6) is -3.46. The first-order valence-corrected chi connectivity index (χ1v) is 15.6. The van der Waals surface area contributed by atoms with E-state index in [2.05, 4.69) is 25.0 Å². The van der Waals surface area contributed by atoms with Crippen LogP contribution in [-0.2, 0) is 16.2 Å². The zero-order chi connectivity index (χ0) is 31.9. The van der Waals surface area contributed by atoms with Crippen LogP contribution in [0.15, 0.2) is 6.07 Å². The first kappa shape index (κ1) is 30.5. The summed E-state index contributed by atoms with van der Waals surface area (Å²) in [4.78, 5) is 16.4. The molecule has 11 nitrogen and oxygen atoms in total. The van der Waals surface area contributed by atoms with Crippen molar-refractivity contribution in [3.05, 3.63) is 28.8 Å². The Kier molecular flexibility index (Phi) is 7.28. The highest BCUT2D eigenvalue weighted by Gasteiger charge is 2.47. The number of nitrogens with zero attached hydrogens (tertiary/aromatic N) is 5. The third kappa shape index (κ3) is 5.13. The summed E-state index contributed by atoms with van der Waals surface area (Å²) in [5.41, 5.74) is 0.639. The highest BCUT2D eigenvalue weighted by molar-refractivity contribution is 7.92. The third-order valence-electron chi connectivity index (χ3n) is 8.37. The summed E-state index contributed by atoms with van der Waals surface area (Å²) in [5, 5.41) is 3.51. The number of halogens is 5. The molecular formula is C27H31F5N8O3S. The van der Waals surface area contributed by atoms with E-state index >= 15 is 4.39 Å². The predicted molar refractivity (Wildman–Crippen MR) is 154 cm³/mol. The maximum atomic E-state index is 16.6. The van der Waals surface area contributed by atoms with E-state index in [4.69, 9.17) is 10.5 Å². The molecule has 238 valence electrons. The normalized spacial score (nSPS) is 23.1. The quantitative estimate of drug-likeness (QED) is 0.271. The fourth-order valence-corrected chi connectivity index (χ4v) is 7.48. The number of piperazine rings is 1. The molecule has 1 aromatic carbocycles. The molecule has 2 saturated heterocycles. The lowest BCUT2D eigenvalue weighted by Crippen LogP contribution is -2.62. The van der Waals surface area contributed by atoms with Crippen molar-refractivity contribution in [2.75, 3.05) is 48.3 Å². The van der Waals surface area contributed by atoms with Crippen LogP contribution in [0.3, 0.4) is 0 Å². The molecule has 0 spiro atoms. The van der Waals surface area contributed by atoms with Crippen LogP contribution in [0.4, 0.5) is 39.4 Å². The number of anilines is 3. The van der Waals surface area contributed by atoms with Gasteiger partial charge in [-0.2, -0.15) is 18.2 Å². The van der Waals surface area contributed by atoms with Gasteiger partial charge in [-0.1, -0.05) is 0 Å². The fourth-order valence-electron chi connectivity index (χ4n) is 6.40. The largest absolute Gasteiger partial charge is 0.472 e. The van der Waals surface area contributed by atoms with Gasteiger partial charge in [0.25, 0.3) is 0 Å². The van der Waals surface area contributed by atoms with E-state index < -0.39 is 73.5 Å². The topological polar surface area (TPSA) is 139 Å². The summed E-state index contributed by atoms with van der Waals surface area (Å²) in [6.07, 6.45) is -4.02. The molecule has 0 aliphatic carbocycles. The molecule has 4 N–H and O–H groups in total. The molecule has 0 amide bonds. The number of benzene rings is 1. The second-order valence-electron chi connectivity index (χ2n) is 11.7. The molecule has 6 rings (SSSR count). The maximum absolute atomic E-state index is 16.6. The Hall–Kier alpha value is -3.57. The van der Waals surface area contributed by atoms with Crippen molar-refractivity contribution in [3.8, 4) is 17.1 Å². The molecule has 2 bridgehead atoms. The molecule has 0 radical (unpaired) electrons. The minimum absolute atomic E-state index is 0.0153. The molecular weight excluding hydrogens is 611 g/mol. The number of alkyl halides is 3. The molecule has 3 aliphatic rings. The van der Waals surface area contributed by atoms with Crippen LogP contribution in [0.2, 0.25) is 0 Å². The number of nitrogen functional groups attached to an aromatic ring is 1. The van der Waals surface area contributed by atoms with Crippen molar-refractivity contribution in [2.45, 2.75) is 57.1 Å². The zero-order valence-electron chi connectivity index (χ0n) is 24.3. The van der Waals surface area contributed by atoms with Crippen LogP contribution in [0.25, 0.3) is 22.2 Å². The molecule has 2 aromatic heterocycles. The standard InChI is InChI=1S/C27H31F5N8O3S/c1-11-18(27(30,31)32)14(9-15(33)19(11)28)21-20(29)22-17-24(37-26(36-22)38-44(41,42)8-7-39(3)4)40-10-13-5-6-16(34-13)23(40)12(2)43-25(17)35-21/h9,12-13,16,23,34H,5-8,10,33H2,1-4H3,(H,36,37,38)/t12-,13+,16-,23+/m0/s1. The Balaban J connectivity index is 1.63. The number of hydrogen-bond donors (Lipinski definition) is 3. The van der Waals surface area contributed by atoms with Crippen molar-refractivity contribution in [1.82, 2.24) is 25.2 Å². The second-order valence-corrected chi connectivity index (χ2v) is 13.6. The summed E-state index contributed by atoms with van der Waals surface area (Å²) < 4.78 is 108. The molecule has 0 unspecified atom stereocenters. The highest BCUT2D eigenvalue weighted by atomic mass is 32.2. The number of sulfonamides is 1. The van der Waals surface area contributed by atoms with Crippen LogP contribution >= 0.6 is 0 Å². The first-order valence-electron chi connectivity index (χ1n) is 14.0. The Morgan fingerprint density at radius 2 is 1.91 bits per heavy atom. The van der Waals surface area contributed by atoms with Crippen LogP contribution in [0.5, 0.6) is 5.88 Å². The second kappa shape index (κ2) is 10.5. The molecule has 17 heteroatoms. The van der Waals surface area contributed by atoms with Crippen molar-refractivity contribution < 1.29 is 35.1 Å². The highest BCUT2D eigenvalue weighted by Crippen LogP contribution is 2.47. The first-order chi connectivity index (χ1) is 20.6. The minimum atomic E-state index is -5.10. The molecule has 4 atom stereocenters. The Morgan fingerprint density at radius 3 is 2.59 bits per heavy atom. The molecule has 3 aromatic rings. The van der Waals surface area contributed by atoms with E-state index in [1.807, 2.05) is 4.90 Å². The van der Waals surface area contributed by atoms with Gasteiger partial charge in [-0.15, -0.1) is 0 Å². The van der Waals surface area contributed by atoms with Crippen LogP contribution in [0.1, 0.15) is 30.9 Å². The average molecular weight is 643 g/mol. The van der Waals surface area contributed by atoms with Gasteiger partial charge in [-0.05, 0) is 52.4 Å². The lowest BCUT2D eigenvalue weighted by molar-refractivity contribution is -0.137. The van der Waals surface area contributed by atoms with Crippen molar-refractivity contribution in [1.29, 1.82) is 0 Å². The Morgan fingerprint density at radius 1 is 1.18 bits per heavy atom. The molecule has 2 fully saturated rings. The minimum Gasteiger partial charge on any atom is -0.472 e. The number of hydrogen-bond acceptors (Lipinski definition) is 10. The van der Waals surface area contributed by atoms with Crippen molar-refractivity contribution >= 4 is 38.4 Å². The summed E-state index contributed by atoms with van der Waals surface area (Å²) in [6.45, 7) is 3.26. The molecule has 0 saturated carbocycles. The smallest absolute Gasteiger partial charge is 0.417 e.